The molecule has 0 amide bonds. The van der Waals surface area contributed by atoms with Crippen LogP contribution in [0.1, 0.15) is 6.92 Å². The van der Waals surface area contributed by atoms with E-state index in [2.05, 4.69) is 24.8 Å². The summed E-state index contributed by atoms with van der Waals surface area (Å²) in [6.07, 6.45) is 3.57. The van der Waals surface area contributed by atoms with Gasteiger partial charge in [0.15, 0.2) is 5.82 Å². The van der Waals surface area contributed by atoms with Crippen LogP contribution in [0.4, 0.5) is 5.82 Å². The Bertz CT molecular complexity index is 293. The van der Waals surface area contributed by atoms with E-state index in [0.29, 0.717) is 0 Å². The summed E-state index contributed by atoms with van der Waals surface area (Å²) in [7, 11) is -0.388. The molecule has 0 aliphatic carbocycles. The highest BCUT2D eigenvalue weighted by molar-refractivity contribution is 9.56. The fourth-order valence-electron chi connectivity index (χ4n) is 0.860. The van der Waals surface area contributed by atoms with Crippen molar-refractivity contribution >= 4 is 35.2 Å². The molecule has 0 aromatic carbocycles. The number of halogens is 1. The molecule has 1 aliphatic rings. The van der Waals surface area contributed by atoms with E-state index in [-0.39, 0.29) is 9.51 Å². The van der Waals surface area contributed by atoms with E-state index in [9.17, 15) is 0 Å². The first-order valence-electron chi connectivity index (χ1n) is 2.83. The first-order valence-corrected chi connectivity index (χ1v) is 6.14. The molecular formula is C5H6BrN3S. The highest BCUT2D eigenvalue weighted by Gasteiger charge is 2.16. The molecular weight excluding hydrogens is 214 g/mol. The van der Waals surface area contributed by atoms with Crippen molar-refractivity contribution in [1.29, 1.82) is 0 Å². The third kappa shape index (κ3) is 0.737. The molecule has 1 aliphatic heterocycles. The molecule has 0 bridgehead atoms. The number of imidazole rings is 1. The average molecular weight is 220 g/mol. The van der Waals surface area contributed by atoms with Crippen molar-refractivity contribution in [2.45, 2.75) is 6.92 Å². The fourth-order valence-corrected chi connectivity index (χ4v) is 2.75. The van der Waals surface area contributed by atoms with E-state index < -0.39 is 0 Å². The maximum Gasteiger partial charge on any atom is 0.162 e. The number of aliphatic imine (C=N–C) groups is 1. The Hall–Kier alpha value is -0.290. The van der Waals surface area contributed by atoms with E-state index in [4.69, 9.17) is 0 Å². The highest BCUT2D eigenvalue weighted by Crippen LogP contribution is 2.45. The van der Waals surface area contributed by atoms with Gasteiger partial charge in [-0.25, -0.2) is 9.98 Å². The van der Waals surface area contributed by atoms with Crippen molar-refractivity contribution in [2.75, 3.05) is 0 Å². The number of thiol groups is 1. The Balaban J connectivity index is 2.57. The van der Waals surface area contributed by atoms with Crippen LogP contribution in [0.25, 0.3) is 0 Å². The van der Waals surface area contributed by atoms with Crippen molar-refractivity contribution in [2.24, 2.45) is 4.99 Å². The van der Waals surface area contributed by atoms with Crippen LogP contribution in [0.5, 0.6) is 0 Å². The Morgan fingerprint density at radius 1 is 1.70 bits per heavy atom. The van der Waals surface area contributed by atoms with Crippen LogP contribution in [0.2, 0.25) is 0 Å². The summed E-state index contributed by atoms with van der Waals surface area (Å²) in [5, 5.41) is 1.15. The van der Waals surface area contributed by atoms with Crippen LogP contribution in [0.3, 0.4) is 0 Å². The molecule has 0 saturated carbocycles. The van der Waals surface area contributed by atoms with E-state index in [1.54, 1.807) is 12.5 Å². The van der Waals surface area contributed by atoms with Crippen LogP contribution < -0.4 is 0 Å². The Morgan fingerprint density at radius 2 is 2.50 bits per heavy atom. The minimum Gasteiger partial charge on any atom is -0.264 e. The van der Waals surface area contributed by atoms with Crippen molar-refractivity contribution in [3.05, 3.63) is 12.5 Å². The van der Waals surface area contributed by atoms with Gasteiger partial charge < -0.3 is 0 Å². The maximum atomic E-state index is 4.29. The van der Waals surface area contributed by atoms with Gasteiger partial charge in [0.2, 0.25) is 0 Å². The van der Waals surface area contributed by atoms with Gasteiger partial charge in [-0.1, -0.05) is 9.51 Å². The molecule has 1 aromatic rings. The lowest BCUT2D eigenvalue weighted by molar-refractivity contribution is 1.23. The maximum absolute atomic E-state index is 4.29. The first kappa shape index (κ1) is 6.42. The number of aromatic nitrogens is 2. The summed E-state index contributed by atoms with van der Waals surface area (Å²) in [4.78, 5) is 8.26. The third-order valence-corrected chi connectivity index (χ3v) is 5.22. The number of rotatable bonds is 0. The second-order valence-corrected chi connectivity index (χ2v) is 5.63. The molecule has 54 valence electrons. The van der Waals surface area contributed by atoms with E-state index in [1.165, 1.54) is 0 Å². The van der Waals surface area contributed by atoms with Gasteiger partial charge in [0, 0.05) is 0 Å². The Morgan fingerprint density at radius 3 is 3.20 bits per heavy atom. The molecule has 2 heterocycles. The number of nitrogens with zero attached hydrogens (tertiary/aromatic N) is 3. The van der Waals surface area contributed by atoms with Crippen LogP contribution in [0, 0.1) is 0 Å². The first-order chi connectivity index (χ1) is 4.79. The molecule has 5 heteroatoms. The second kappa shape index (κ2) is 2.10. The van der Waals surface area contributed by atoms with Gasteiger partial charge in [-0.3, -0.25) is 3.97 Å². The summed E-state index contributed by atoms with van der Waals surface area (Å²) >= 11 is 3.54. The van der Waals surface area contributed by atoms with Crippen LogP contribution in [-0.4, -0.2) is 14.0 Å². The van der Waals surface area contributed by atoms with Gasteiger partial charge in [0.1, 0.15) is 6.33 Å². The number of fused-ring (bicyclic) bond motifs is 1. The van der Waals surface area contributed by atoms with Gasteiger partial charge in [0.25, 0.3) is 0 Å². The van der Waals surface area contributed by atoms with Crippen molar-refractivity contribution in [3.63, 3.8) is 0 Å². The largest absolute Gasteiger partial charge is 0.264 e. The summed E-state index contributed by atoms with van der Waals surface area (Å²) in [5.74, 6) is 0.959. The van der Waals surface area contributed by atoms with Crippen LogP contribution in [-0.2, 0) is 0 Å². The molecule has 1 atom stereocenters. The predicted octanol–water partition coefficient (Wildman–Crippen LogP) is 2.02. The zero-order valence-corrected chi connectivity index (χ0v) is 7.80. The third-order valence-electron chi connectivity index (χ3n) is 1.33. The smallest absolute Gasteiger partial charge is 0.162 e. The molecule has 2 rings (SSSR count). The standard InChI is InChI=1S/C5H6BrN3S/c1-4-8-5-2-7-3-9(5)10(4)6/h2-3,10H,1H3. The minimum absolute atomic E-state index is 0.388. The molecule has 0 fully saturated rings. The normalized spacial score (nSPS) is 26.2. The molecule has 0 spiro atoms. The van der Waals surface area contributed by atoms with Crippen molar-refractivity contribution in [3.8, 4) is 0 Å². The van der Waals surface area contributed by atoms with Gasteiger partial charge in [0.05, 0.1) is 11.2 Å². The highest BCUT2D eigenvalue weighted by atomic mass is 79.9. The summed E-state index contributed by atoms with van der Waals surface area (Å²) in [6, 6.07) is 0. The Labute approximate surface area is 68.9 Å². The SMILES string of the molecule is CC1=Nc2cncn2[SH]1Br. The van der Waals surface area contributed by atoms with Gasteiger partial charge in [-0.2, -0.15) is 0 Å². The van der Waals surface area contributed by atoms with Gasteiger partial charge >= 0.3 is 0 Å². The summed E-state index contributed by atoms with van der Waals surface area (Å²) < 4.78 is 2.05. The second-order valence-electron chi connectivity index (χ2n) is 2.02. The van der Waals surface area contributed by atoms with Gasteiger partial charge in [-0.15, -0.1) is 0 Å². The fraction of sp³-hybridized carbons (Fsp3) is 0.200. The lowest BCUT2D eigenvalue weighted by atomic mass is 10.7. The predicted molar refractivity (Wildman–Crippen MR) is 48.3 cm³/mol. The van der Waals surface area contributed by atoms with E-state index >= 15 is 0 Å². The zero-order valence-electron chi connectivity index (χ0n) is 5.32. The number of hydrogen-bond acceptors (Lipinski definition) is 2. The average Bonchev–Trinajstić information content (AvgIpc) is 2.41. The molecule has 1 unspecified atom stereocenters. The molecule has 0 saturated heterocycles. The van der Waals surface area contributed by atoms with Gasteiger partial charge in [-0.05, 0) is 21.7 Å². The molecule has 10 heavy (non-hydrogen) atoms. The van der Waals surface area contributed by atoms with Crippen LogP contribution >= 0.6 is 24.3 Å². The van der Waals surface area contributed by atoms with E-state index in [1.807, 2.05) is 10.9 Å². The van der Waals surface area contributed by atoms with Crippen molar-refractivity contribution < 1.29 is 0 Å². The Kier molecular flexibility index (Phi) is 1.35. The molecule has 0 N–H and O–H groups in total. The van der Waals surface area contributed by atoms with E-state index in [0.717, 1.165) is 10.9 Å². The summed E-state index contributed by atoms with van der Waals surface area (Å²) in [5.41, 5.74) is 0. The van der Waals surface area contributed by atoms with Crippen molar-refractivity contribution in [1.82, 2.24) is 8.96 Å². The molecule has 0 radical (unpaired) electrons. The number of hydrogen-bond donors (Lipinski definition) is 1. The monoisotopic (exact) mass is 219 g/mol. The zero-order chi connectivity index (χ0) is 7.14. The van der Waals surface area contributed by atoms with Crippen LogP contribution in [0.15, 0.2) is 17.5 Å². The topological polar surface area (TPSA) is 30.2 Å². The quantitative estimate of drug-likeness (QED) is 0.666. The molecule has 3 nitrogen and oxygen atoms in total. The minimum atomic E-state index is -0.388. The summed E-state index contributed by atoms with van der Waals surface area (Å²) in [6.45, 7) is 2.02. The molecule has 1 aromatic heterocycles. The lowest BCUT2D eigenvalue weighted by Crippen LogP contribution is -1.87. The lowest BCUT2D eigenvalue weighted by Gasteiger charge is -2.06.